The Morgan fingerprint density at radius 1 is 1.35 bits per heavy atom. The SMILES string of the molecule is C#CCOc1cc(Br)c(C[NH2+]C2CCCC2)cc1OC. The number of nitrogens with two attached hydrogens (primary N) is 1. The molecule has 2 rings (SSSR count). The number of ether oxygens (including phenoxy) is 2. The van der Waals surface area contributed by atoms with Gasteiger partial charge in [-0.2, -0.15) is 0 Å². The molecule has 4 heteroatoms. The maximum atomic E-state index is 5.49. The number of quaternary nitrogens is 1. The average molecular weight is 339 g/mol. The van der Waals surface area contributed by atoms with Gasteiger partial charge in [0.15, 0.2) is 11.5 Å². The van der Waals surface area contributed by atoms with Crippen LogP contribution < -0.4 is 14.8 Å². The summed E-state index contributed by atoms with van der Waals surface area (Å²) < 4.78 is 11.9. The minimum Gasteiger partial charge on any atom is -0.493 e. The van der Waals surface area contributed by atoms with Gasteiger partial charge in [0.25, 0.3) is 0 Å². The third-order valence-electron chi connectivity index (χ3n) is 3.71. The predicted molar refractivity (Wildman–Crippen MR) is 82.9 cm³/mol. The van der Waals surface area contributed by atoms with E-state index in [1.54, 1.807) is 7.11 Å². The fourth-order valence-corrected chi connectivity index (χ4v) is 3.10. The predicted octanol–water partition coefficient (Wildman–Crippen LogP) is 2.48. The van der Waals surface area contributed by atoms with Gasteiger partial charge in [-0.05, 0) is 37.8 Å². The van der Waals surface area contributed by atoms with Crippen molar-refractivity contribution in [2.24, 2.45) is 0 Å². The molecule has 1 aromatic rings. The Morgan fingerprint density at radius 3 is 2.75 bits per heavy atom. The van der Waals surface area contributed by atoms with Crippen LogP contribution in [0.3, 0.4) is 0 Å². The van der Waals surface area contributed by atoms with E-state index < -0.39 is 0 Å². The first kappa shape index (κ1) is 15.2. The molecule has 108 valence electrons. The minimum atomic E-state index is 0.246. The molecule has 0 saturated heterocycles. The molecule has 20 heavy (non-hydrogen) atoms. The zero-order valence-electron chi connectivity index (χ0n) is 11.8. The van der Waals surface area contributed by atoms with Gasteiger partial charge in [0, 0.05) is 10.0 Å². The zero-order valence-corrected chi connectivity index (χ0v) is 13.4. The maximum Gasteiger partial charge on any atom is 0.163 e. The Bertz CT molecular complexity index is 490. The van der Waals surface area contributed by atoms with Crippen LogP contribution in [0.5, 0.6) is 11.5 Å². The van der Waals surface area contributed by atoms with E-state index in [9.17, 15) is 0 Å². The summed E-state index contributed by atoms with van der Waals surface area (Å²) >= 11 is 3.60. The van der Waals surface area contributed by atoms with Gasteiger partial charge in [-0.25, -0.2) is 0 Å². The summed E-state index contributed by atoms with van der Waals surface area (Å²) in [4.78, 5) is 0. The van der Waals surface area contributed by atoms with Crippen molar-refractivity contribution in [2.45, 2.75) is 38.3 Å². The molecule has 1 fully saturated rings. The van der Waals surface area contributed by atoms with E-state index in [-0.39, 0.29) is 6.61 Å². The highest BCUT2D eigenvalue weighted by Crippen LogP contribution is 2.33. The summed E-state index contributed by atoms with van der Waals surface area (Å²) in [5, 5.41) is 2.43. The lowest BCUT2D eigenvalue weighted by atomic mass is 10.1. The number of rotatable bonds is 6. The molecular weight excluding hydrogens is 318 g/mol. The van der Waals surface area contributed by atoms with Crippen LogP contribution in [0, 0.1) is 12.3 Å². The smallest absolute Gasteiger partial charge is 0.163 e. The first-order valence-electron chi connectivity index (χ1n) is 7.00. The lowest BCUT2D eigenvalue weighted by Gasteiger charge is -2.14. The number of methoxy groups -OCH3 is 1. The Morgan fingerprint density at radius 2 is 2.10 bits per heavy atom. The number of benzene rings is 1. The standard InChI is InChI=1S/C16H20BrNO2/c1-3-8-20-16-10-14(17)12(9-15(16)19-2)11-18-13-6-4-5-7-13/h1,9-10,13,18H,4-8,11H2,2H3/p+1. The third-order valence-corrected chi connectivity index (χ3v) is 4.45. The number of terminal acetylenes is 1. The van der Waals surface area contributed by atoms with Gasteiger partial charge in [0.05, 0.1) is 13.2 Å². The molecule has 1 aromatic carbocycles. The van der Waals surface area contributed by atoms with Gasteiger partial charge in [-0.1, -0.05) is 21.9 Å². The highest BCUT2D eigenvalue weighted by molar-refractivity contribution is 9.10. The van der Waals surface area contributed by atoms with E-state index in [1.165, 1.54) is 31.2 Å². The van der Waals surface area contributed by atoms with Gasteiger partial charge >= 0.3 is 0 Å². The molecule has 3 nitrogen and oxygen atoms in total. The molecule has 0 unspecified atom stereocenters. The average Bonchev–Trinajstić information content (AvgIpc) is 2.97. The topological polar surface area (TPSA) is 35.1 Å². The zero-order chi connectivity index (χ0) is 14.4. The fraction of sp³-hybridized carbons (Fsp3) is 0.500. The van der Waals surface area contributed by atoms with Crippen LogP contribution in [0.1, 0.15) is 31.2 Å². The lowest BCUT2D eigenvalue weighted by Crippen LogP contribution is -2.87. The maximum absolute atomic E-state index is 5.49. The molecule has 0 spiro atoms. The van der Waals surface area contributed by atoms with Crippen molar-refractivity contribution in [3.8, 4) is 23.8 Å². The normalized spacial score (nSPS) is 15.1. The van der Waals surface area contributed by atoms with Crippen LogP contribution >= 0.6 is 15.9 Å². The van der Waals surface area contributed by atoms with Gasteiger partial charge in [0.1, 0.15) is 13.2 Å². The summed E-state index contributed by atoms with van der Waals surface area (Å²) in [6, 6.07) is 4.74. The van der Waals surface area contributed by atoms with Crippen LogP contribution in [0.2, 0.25) is 0 Å². The summed E-state index contributed by atoms with van der Waals surface area (Å²) in [5.41, 5.74) is 1.22. The van der Waals surface area contributed by atoms with E-state index in [0.717, 1.165) is 22.8 Å². The highest BCUT2D eigenvalue weighted by atomic mass is 79.9. The highest BCUT2D eigenvalue weighted by Gasteiger charge is 2.19. The van der Waals surface area contributed by atoms with Crippen LogP contribution in [-0.2, 0) is 6.54 Å². The third kappa shape index (κ3) is 3.91. The summed E-state index contributed by atoms with van der Waals surface area (Å²) in [5.74, 6) is 3.88. The van der Waals surface area contributed by atoms with Crippen molar-refractivity contribution in [3.63, 3.8) is 0 Å². The van der Waals surface area contributed by atoms with Crippen LogP contribution in [0.4, 0.5) is 0 Å². The van der Waals surface area contributed by atoms with Gasteiger partial charge in [-0.15, -0.1) is 6.42 Å². The Hall–Kier alpha value is -1.18. The molecule has 0 heterocycles. The number of hydrogen-bond acceptors (Lipinski definition) is 2. The van der Waals surface area contributed by atoms with Crippen molar-refractivity contribution in [1.29, 1.82) is 0 Å². The van der Waals surface area contributed by atoms with Crippen LogP contribution in [0.25, 0.3) is 0 Å². The lowest BCUT2D eigenvalue weighted by molar-refractivity contribution is -0.703. The van der Waals surface area contributed by atoms with Crippen LogP contribution in [-0.4, -0.2) is 19.8 Å². The molecule has 2 N–H and O–H groups in total. The van der Waals surface area contributed by atoms with E-state index in [1.807, 2.05) is 12.1 Å². The van der Waals surface area contributed by atoms with Crippen molar-refractivity contribution in [3.05, 3.63) is 22.2 Å². The first-order chi connectivity index (χ1) is 9.74. The van der Waals surface area contributed by atoms with Crippen molar-refractivity contribution < 1.29 is 14.8 Å². The minimum absolute atomic E-state index is 0.246. The van der Waals surface area contributed by atoms with E-state index in [4.69, 9.17) is 15.9 Å². The summed E-state index contributed by atoms with van der Waals surface area (Å²) in [7, 11) is 1.65. The second-order valence-electron chi connectivity index (χ2n) is 5.07. The number of halogens is 1. The summed E-state index contributed by atoms with van der Waals surface area (Å²) in [6.45, 7) is 1.20. The molecular formula is C16H21BrNO2+. The quantitative estimate of drug-likeness (QED) is 0.808. The molecule has 0 amide bonds. The largest absolute Gasteiger partial charge is 0.493 e. The van der Waals surface area contributed by atoms with Gasteiger partial charge in [0.2, 0.25) is 0 Å². The number of hydrogen-bond donors (Lipinski definition) is 1. The Balaban J connectivity index is 2.06. The molecule has 0 aliphatic heterocycles. The van der Waals surface area contributed by atoms with Crippen molar-refractivity contribution >= 4 is 15.9 Å². The molecule has 1 aliphatic rings. The van der Waals surface area contributed by atoms with E-state index in [2.05, 4.69) is 27.2 Å². The summed E-state index contributed by atoms with van der Waals surface area (Å²) in [6.07, 6.45) is 10.6. The monoisotopic (exact) mass is 338 g/mol. The molecule has 0 atom stereocenters. The van der Waals surface area contributed by atoms with Crippen molar-refractivity contribution in [2.75, 3.05) is 13.7 Å². The van der Waals surface area contributed by atoms with Crippen LogP contribution in [0.15, 0.2) is 16.6 Å². The second kappa shape index (κ2) is 7.56. The fourth-order valence-electron chi connectivity index (χ4n) is 2.61. The first-order valence-corrected chi connectivity index (χ1v) is 7.80. The molecule has 0 radical (unpaired) electrons. The molecule has 1 saturated carbocycles. The molecule has 0 aromatic heterocycles. The van der Waals surface area contributed by atoms with Gasteiger partial charge in [-0.3, -0.25) is 0 Å². The van der Waals surface area contributed by atoms with Gasteiger partial charge < -0.3 is 14.8 Å². The Kier molecular flexibility index (Phi) is 5.75. The molecule has 0 bridgehead atoms. The van der Waals surface area contributed by atoms with E-state index in [0.29, 0.717) is 5.75 Å². The second-order valence-corrected chi connectivity index (χ2v) is 5.93. The Labute approximate surface area is 129 Å². The van der Waals surface area contributed by atoms with E-state index >= 15 is 0 Å². The van der Waals surface area contributed by atoms with Crippen molar-refractivity contribution in [1.82, 2.24) is 0 Å². The molecule has 1 aliphatic carbocycles.